The Kier molecular flexibility index (Phi) is 6.56. The zero-order valence-corrected chi connectivity index (χ0v) is 18.0. The molecule has 0 atom stereocenters. The quantitative estimate of drug-likeness (QED) is 0.553. The molecular weight excluding hydrogens is 456 g/mol. The van der Waals surface area contributed by atoms with Crippen LogP contribution in [-0.2, 0) is 14.8 Å². The summed E-state index contributed by atoms with van der Waals surface area (Å²) in [6.45, 7) is -0.375. The van der Waals surface area contributed by atoms with E-state index in [0.717, 1.165) is 8.78 Å². The Hall–Kier alpha value is -2.84. The number of anilines is 2. The number of nitrogens with zero attached hydrogens (tertiary/aromatic N) is 1. The topological polar surface area (TPSA) is 75.7 Å². The second-order valence-corrected chi connectivity index (χ2v) is 8.86. The van der Waals surface area contributed by atoms with Crippen LogP contribution in [0.5, 0.6) is 5.75 Å². The van der Waals surface area contributed by atoms with Gasteiger partial charge in [-0.1, -0.05) is 34.1 Å². The molecule has 6 nitrogen and oxygen atoms in total. The number of hydrogen-bond acceptors (Lipinski definition) is 4. The summed E-state index contributed by atoms with van der Waals surface area (Å²) in [5, 5.41) is 2.72. The largest absolute Gasteiger partial charge is 0.497 e. The van der Waals surface area contributed by atoms with Crippen molar-refractivity contribution in [3.8, 4) is 5.75 Å². The molecule has 0 aromatic heterocycles. The summed E-state index contributed by atoms with van der Waals surface area (Å²) in [6.07, 6.45) is 0. The number of carbonyl (C=O) groups excluding carboxylic acids is 1. The van der Waals surface area contributed by atoms with Crippen LogP contribution in [0.15, 0.2) is 88.2 Å². The number of carbonyl (C=O) groups is 1. The summed E-state index contributed by atoms with van der Waals surface area (Å²) < 4.78 is 33.6. The molecule has 0 spiro atoms. The van der Waals surface area contributed by atoms with Crippen LogP contribution in [0.4, 0.5) is 11.4 Å². The Morgan fingerprint density at radius 2 is 1.59 bits per heavy atom. The van der Waals surface area contributed by atoms with E-state index in [4.69, 9.17) is 4.74 Å². The van der Waals surface area contributed by atoms with Gasteiger partial charge >= 0.3 is 0 Å². The first-order valence-corrected chi connectivity index (χ1v) is 10.9. The van der Waals surface area contributed by atoms with Gasteiger partial charge in [0.25, 0.3) is 10.0 Å². The SMILES string of the molecule is COc1ccc(N(CC(=O)Nc2ccc(Br)cc2)S(=O)(=O)c2ccccc2)cc1. The number of methoxy groups -OCH3 is 1. The van der Waals surface area contributed by atoms with E-state index in [1.807, 2.05) is 0 Å². The first-order chi connectivity index (χ1) is 13.9. The smallest absolute Gasteiger partial charge is 0.264 e. The number of benzene rings is 3. The van der Waals surface area contributed by atoms with Crippen LogP contribution < -0.4 is 14.4 Å². The van der Waals surface area contributed by atoms with Gasteiger partial charge in [0.05, 0.1) is 17.7 Å². The van der Waals surface area contributed by atoms with Gasteiger partial charge in [-0.25, -0.2) is 8.42 Å². The van der Waals surface area contributed by atoms with Crippen molar-refractivity contribution in [1.82, 2.24) is 0 Å². The summed E-state index contributed by atoms with van der Waals surface area (Å²) in [6, 6.07) is 21.5. The van der Waals surface area contributed by atoms with Crippen molar-refractivity contribution in [3.05, 3.63) is 83.3 Å². The van der Waals surface area contributed by atoms with Crippen molar-refractivity contribution in [2.75, 3.05) is 23.3 Å². The third-order valence-electron chi connectivity index (χ3n) is 4.11. The van der Waals surface area contributed by atoms with Crippen molar-refractivity contribution in [3.63, 3.8) is 0 Å². The molecule has 0 heterocycles. The van der Waals surface area contributed by atoms with E-state index < -0.39 is 15.9 Å². The summed E-state index contributed by atoms with van der Waals surface area (Å²) in [7, 11) is -2.42. The average Bonchev–Trinajstić information content (AvgIpc) is 2.74. The molecule has 0 unspecified atom stereocenters. The number of halogens is 1. The first kappa shape index (κ1) is 20.9. The minimum Gasteiger partial charge on any atom is -0.497 e. The second-order valence-electron chi connectivity index (χ2n) is 6.08. The van der Waals surface area contributed by atoms with E-state index in [2.05, 4.69) is 21.2 Å². The number of nitrogens with one attached hydrogen (secondary N) is 1. The molecule has 0 saturated carbocycles. The lowest BCUT2D eigenvalue weighted by Crippen LogP contribution is -2.38. The molecule has 3 rings (SSSR count). The summed E-state index contributed by atoms with van der Waals surface area (Å²) in [5.41, 5.74) is 0.936. The molecule has 1 N–H and O–H groups in total. The molecule has 29 heavy (non-hydrogen) atoms. The van der Waals surface area contributed by atoms with Gasteiger partial charge in [-0.3, -0.25) is 9.10 Å². The van der Waals surface area contributed by atoms with Crippen molar-refractivity contribution >= 4 is 43.2 Å². The number of amides is 1. The fourth-order valence-electron chi connectivity index (χ4n) is 2.65. The molecule has 0 radical (unpaired) electrons. The third-order valence-corrected chi connectivity index (χ3v) is 6.42. The van der Waals surface area contributed by atoms with E-state index in [-0.39, 0.29) is 11.4 Å². The summed E-state index contributed by atoms with van der Waals surface area (Å²) in [4.78, 5) is 12.7. The number of sulfonamides is 1. The molecule has 0 saturated heterocycles. The maximum Gasteiger partial charge on any atom is 0.264 e. The predicted molar refractivity (Wildman–Crippen MR) is 117 cm³/mol. The maximum absolute atomic E-state index is 13.2. The van der Waals surface area contributed by atoms with Gasteiger partial charge in [0.1, 0.15) is 12.3 Å². The van der Waals surface area contributed by atoms with Crippen molar-refractivity contribution < 1.29 is 17.9 Å². The standard InChI is InChI=1S/C21H19BrN2O4S/c1-28-19-13-11-18(12-14-19)24(29(26,27)20-5-3-2-4-6-20)15-21(25)23-17-9-7-16(22)8-10-17/h2-14H,15H2,1H3,(H,23,25). The fraction of sp³-hybridized carbons (Fsp3) is 0.0952. The van der Waals surface area contributed by atoms with Crippen molar-refractivity contribution in [2.45, 2.75) is 4.90 Å². The van der Waals surface area contributed by atoms with Gasteiger partial charge < -0.3 is 10.1 Å². The minimum atomic E-state index is -3.94. The van der Waals surface area contributed by atoms with Crippen LogP contribution in [0.25, 0.3) is 0 Å². The molecule has 8 heteroatoms. The van der Waals surface area contributed by atoms with Crippen LogP contribution >= 0.6 is 15.9 Å². The van der Waals surface area contributed by atoms with Crippen molar-refractivity contribution in [2.24, 2.45) is 0 Å². The van der Waals surface area contributed by atoms with Gasteiger partial charge in [-0.2, -0.15) is 0 Å². The van der Waals surface area contributed by atoms with Gasteiger partial charge in [-0.05, 0) is 60.7 Å². The Bertz CT molecular complexity index is 1070. The lowest BCUT2D eigenvalue weighted by atomic mass is 10.3. The highest BCUT2D eigenvalue weighted by molar-refractivity contribution is 9.10. The lowest BCUT2D eigenvalue weighted by molar-refractivity contribution is -0.114. The van der Waals surface area contributed by atoms with Crippen LogP contribution in [0.1, 0.15) is 0 Å². The normalized spacial score (nSPS) is 11.0. The molecule has 1 amide bonds. The molecule has 3 aromatic rings. The average molecular weight is 475 g/mol. The Morgan fingerprint density at radius 1 is 0.966 bits per heavy atom. The van der Waals surface area contributed by atoms with Gasteiger partial charge in [0.2, 0.25) is 5.91 Å². The molecule has 150 valence electrons. The van der Waals surface area contributed by atoms with Gasteiger partial charge in [0.15, 0.2) is 0 Å². The highest BCUT2D eigenvalue weighted by Gasteiger charge is 2.27. The molecule has 0 aliphatic heterocycles. The lowest BCUT2D eigenvalue weighted by Gasteiger charge is -2.24. The van der Waals surface area contributed by atoms with Gasteiger partial charge in [-0.15, -0.1) is 0 Å². The van der Waals surface area contributed by atoms with Crippen molar-refractivity contribution in [1.29, 1.82) is 0 Å². The van der Waals surface area contributed by atoms with E-state index in [9.17, 15) is 13.2 Å². The summed E-state index contributed by atoms with van der Waals surface area (Å²) >= 11 is 3.34. The van der Waals surface area contributed by atoms with Crippen LogP contribution in [-0.4, -0.2) is 28.0 Å². The zero-order chi connectivity index (χ0) is 20.9. The van der Waals surface area contributed by atoms with E-state index in [1.54, 1.807) is 66.7 Å². The molecule has 3 aromatic carbocycles. The second kappa shape index (κ2) is 9.11. The highest BCUT2D eigenvalue weighted by Crippen LogP contribution is 2.26. The molecule has 0 aliphatic rings. The molecular formula is C21H19BrN2O4S. The number of ether oxygens (including phenoxy) is 1. The monoisotopic (exact) mass is 474 g/mol. The number of hydrogen-bond donors (Lipinski definition) is 1. The van der Waals surface area contributed by atoms with E-state index in [0.29, 0.717) is 17.1 Å². The Labute approximate surface area is 178 Å². The van der Waals surface area contributed by atoms with Crippen LogP contribution in [0, 0.1) is 0 Å². The minimum absolute atomic E-state index is 0.104. The molecule has 0 aliphatic carbocycles. The highest BCUT2D eigenvalue weighted by atomic mass is 79.9. The van der Waals surface area contributed by atoms with E-state index >= 15 is 0 Å². The third kappa shape index (κ3) is 5.16. The van der Waals surface area contributed by atoms with Crippen LogP contribution in [0.3, 0.4) is 0 Å². The maximum atomic E-state index is 13.2. The summed E-state index contributed by atoms with van der Waals surface area (Å²) in [5.74, 6) is 0.132. The van der Waals surface area contributed by atoms with E-state index in [1.165, 1.54) is 19.2 Å². The molecule has 0 bridgehead atoms. The number of rotatable bonds is 7. The Morgan fingerprint density at radius 3 is 2.17 bits per heavy atom. The predicted octanol–water partition coefficient (Wildman–Crippen LogP) is 4.29. The molecule has 0 fully saturated rings. The Balaban J connectivity index is 1.91. The van der Waals surface area contributed by atoms with Crippen LogP contribution in [0.2, 0.25) is 0 Å². The van der Waals surface area contributed by atoms with Gasteiger partial charge in [0, 0.05) is 10.2 Å². The first-order valence-electron chi connectivity index (χ1n) is 8.67. The zero-order valence-electron chi connectivity index (χ0n) is 15.6. The fourth-order valence-corrected chi connectivity index (χ4v) is 4.35.